The Bertz CT molecular complexity index is 514. The van der Waals surface area contributed by atoms with Gasteiger partial charge in [-0.3, -0.25) is 9.59 Å². The van der Waals surface area contributed by atoms with Crippen molar-refractivity contribution >= 4 is 17.6 Å². The minimum Gasteiger partial charge on any atom is -0.321 e. The third-order valence-corrected chi connectivity index (χ3v) is 2.60. The second kappa shape index (κ2) is 3.87. The van der Waals surface area contributed by atoms with Gasteiger partial charge in [0.25, 0.3) is 0 Å². The van der Waals surface area contributed by atoms with Crippen LogP contribution in [0.2, 0.25) is 0 Å². The minimum atomic E-state index is -0.593. The van der Waals surface area contributed by atoms with Crippen molar-refractivity contribution in [2.24, 2.45) is 5.73 Å². The van der Waals surface area contributed by atoms with Gasteiger partial charge in [-0.1, -0.05) is 30.3 Å². The van der Waals surface area contributed by atoms with E-state index in [0.29, 0.717) is 11.1 Å². The monoisotopic (exact) mass is 213 g/mol. The molecule has 0 aromatic heterocycles. The van der Waals surface area contributed by atoms with Gasteiger partial charge < -0.3 is 5.73 Å². The van der Waals surface area contributed by atoms with Crippen LogP contribution in [0, 0.1) is 0 Å². The summed E-state index contributed by atoms with van der Waals surface area (Å²) in [5, 5.41) is 0. The van der Waals surface area contributed by atoms with Crippen LogP contribution in [0.3, 0.4) is 0 Å². The molecule has 1 atom stereocenters. The highest BCUT2D eigenvalue weighted by atomic mass is 16.2. The third-order valence-electron chi connectivity index (χ3n) is 2.60. The van der Waals surface area contributed by atoms with Crippen LogP contribution in [0.1, 0.15) is 15.9 Å². The Kier molecular flexibility index (Phi) is 2.54. The number of fused-ring (bicyclic) bond motifs is 1. The summed E-state index contributed by atoms with van der Waals surface area (Å²) in [6.07, 6.45) is 3.11. The van der Waals surface area contributed by atoms with Gasteiger partial charge in [-0.05, 0) is 11.6 Å². The molecule has 0 bridgehead atoms. The number of hydrogen-bond donors (Lipinski definition) is 1. The van der Waals surface area contributed by atoms with E-state index in [2.05, 4.69) is 6.58 Å². The molecular weight excluding hydrogens is 202 g/mol. The third kappa shape index (κ3) is 1.51. The lowest BCUT2D eigenvalue weighted by molar-refractivity contribution is -0.112. The molecule has 1 aromatic rings. The Balaban J connectivity index is 2.59. The molecule has 80 valence electrons. The Morgan fingerprint density at radius 2 is 1.88 bits per heavy atom. The highest BCUT2D eigenvalue weighted by Crippen LogP contribution is 2.22. The highest BCUT2D eigenvalue weighted by Gasteiger charge is 2.29. The maximum absolute atomic E-state index is 11.8. The van der Waals surface area contributed by atoms with Crippen LogP contribution in [0.15, 0.2) is 42.5 Å². The van der Waals surface area contributed by atoms with Gasteiger partial charge in [-0.15, -0.1) is 6.58 Å². The molecule has 3 heteroatoms. The molecule has 0 fully saturated rings. The standard InChI is InChI=1S/C13H11NO2/c1-2-11(14)10-7-8-5-3-4-6-9(8)12(15)13(10)16/h2-7,11H,1,14H2. The van der Waals surface area contributed by atoms with E-state index in [9.17, 15) is 9.59 Å². The number of ketones is 2. The van der Waals surface area contributed by atoms with Crippen molar-refractivity contribution in [3.05, 3.63) is 53.6 Å². The molecule has 0 saturated heterocycles. The molecule has 1 aliphatic rings. The van der Waals surface area contributed by atoms with Crippen LogP contribution >= 0.6 is 0 Å². The number of carbonyl (C=O) groups is 2. The summed E-state index contributed by atoms with van der Waals surface area (Å²) < 4.78 is 0. The quantitative estimate of drug-likeness (QED) is 0.596. The molecule has 1 aliphatic carbocycles. The van der Waals surface area contributed by atoms with E-state index in [1.165, 1.54) is 6.08 Å². The van der Waals surface area contributed by atoms with Gasteiger partial charge in [0.2, 0.25) is 11.6 Å². The fourth-order valence-corrected chi connectivity index (χ4v) is 1.69. The number of nitrogens with two attached hydrogens (primary N) is 1. The van der Waals surface area contributed by atoms with Crippen molar-refractivity contribution in [2.75, 3.05) is 0 Å². The predicted octanol–water partition coefficient (Wildman–Crippen LogP) is 1.35. The molecule has 0 heterocycles. The first-order valence-corrected chi connectivity index (χ1v) is 4.93. The van der Waals surface area contributed by atoms with Crippen molar-refractivity contribution < 1.29 is 9.59 Å². The Morgan fingerprint density at radius 1 is 1.19 bits per heavy atom. The second-order valence-corrected chi connectivity index (χ2v) is 3.61. The lowest BCUT2D eigenvalue weighted by Gasteiger charge is -2.16. The average Bonchev–Trinajstić information content (AvgIpc) is 2.33. The van der Waals surface area contributed by atoms with Crippen molar-refractivity contribution in [3.8, 4) is 0 Å². The molecule has 0 radical (unpaired) electrons. The maximum atomic E-state index is 11.8. The van der Waals surface area contributed by atoms with E-state index in [0.717, 1.165) is 5.56 Å². The van der Waals surface area contributed by atoms with E-state index in [-0.39, 0.29) is 0 Å². The van der Waals surface area contributed by atoms with E-state index in [1.807, 2.05) is 6.07 Å². The summed E-state index contributed by atoms with van der Waals surface area (Å²) in [4.78, 5) is 23.5. The first-order chi connectivity index (χ1) is 7.65. The molecule has 3 nitrogen and oxygen atoms in total. The van der Waals surface area contributed by atoms with Crippen molar-refractivity contribution in [2.45, 2.75) is 6.04 Å². The zero-order valence-corrected chi connectivity index (χ0v) is 8.64. The topological polar surface area (TPSA) is 60.2 Å². The molecule has 1 unspecified atom stereocenters. The molecule has 2 N–H and O–H groups in total. The number of rotatable bonds is 2. The van der Waals surface area contributed by atoms with Crippen LogP contribution in [-0.4, -0.2) is 17.6 Å². The van der Waals surface area contributed by atoms with Crippen LogP contribution < -0.4 is 5.73 Å². The fourth-order valence-electron chi connectivity index (χ4n) is 1.69. The van der Waals surface area contributed by atoms with Gasteiger partial charge in [-0.25, -0.2) is 0 Å². The van der Waals surface area contributed by atoms with Crippen LogP contribution in [0.25, 0.3) is 6.08 Å². The first kappa shape index (κ1) is 10.5. The van der Waals surface area contributed by atoms with Gasteiger partial charge in [-0.2, -0.15) is 0 Å². The van der Waals surface area contributed by atoms with Gasteiger partial charge >= 0.3 is 0 Å². The molecule has 0 aliphatic heterocycles. The number of hydrogen-bond acceptors (Lipinski definition) is 3. The molecule has 2 rings (SSSR count). The molecule has 16 heavy (non-hydrogen) atoms. The van der Waals surface area contributed by atoms with E-state index in [1.54, 1.807) is 24.3 Å². The zero-order chi connectivity index (χ0) is 11.7. The number of benzene rings is 1. The van der Waals surface area contributed by atoms with E-state index in [4.69, 9.17) is 5.73 Å². The minimum absolute atomic E-state index is 0.304. The Labute approximate surface area is 93.3 Å². The molecule has 1 aromatic carbocycles. The zero-order valence-electron chi connectivity index (χ0n) is 8.64. The summed E-state index contributed by atoms with van der Waals surface area (Å²) in [5.74, 6) is -1.03. The highest BCUT2D eigenvalue weighted by molar-refractivity contribution is 6.52. The predicted molar refractivity (Wildman–Crippen MR) is 61.9 cm³/mol. The summed E-state index contributed by atoms with van der Waals surface area (Å²) >= 11 is 0. The van der Waals surface area contributed by atoms with Crippen molar-refractivity contribution in [1.29, 1.82) is 0 Å². The largest absolute Gasteiger partial charge is 0.321 e. The smallest absolute Gasteiger partial charge is 0.233 e. The Hall–Kier alpha value is -2.00. The van der Waals surface area contributed by atoms with Gasteiger partial charge in [0, 0.05) is 11.1 Å². The molecule has 0 amide bonds. The van der Waals surface area contributed by atoms with Crippen LogP contribution in [-0.2, 0) is 4.79 Å². The normalized spacial score (nSPS) is 16.4. The number of Topliss-reactive ketones (excluding diaryl/α,β-unsaturated/α-hetero) is 2. The van der Waals surface area contributed by atoms with Crippen molar-refractivity contribution in [3.63, 3.8) is 0 Å². The molecule has 0 saturated carbocycles. The van der Waals surface area contributed by atoms with Gasteiger partial charge in [0.1, 0.15) is 0 Å². The summed E-state index contributed by atoms with van der Waals surface area (Å²) in [6, 6.07) is 6.38. The molecular formula is C13H11NO2. The van der Waals surface area contributed by atoms with Crippen LogP contribution in [0.5, 0.6) is 0 Å². The SMILES string of the molecule is C=CC(N)C1=Cc2ccccc2C(=O)C1=O. The summed E-state index contributed by atoms with van der Waals surface area (Å²) in [6.45, 7) is 3.52. The Morgan fingerprint density at radius 3 is 2.56 bits per heavy atom. The van der Waals surface area contributed by atoms with E-state index < -0.39 is 17.6 Å². The summed E-state index contributed by atoms with van der Waals surface area (Å²) in [5.41, 5.74) is 7.18. The maximum Gasteiger partial charge on any atom is 0.233 e. The lowest BCUT2D eigenvalue weighted by Crippen LogP contribution is -2.31. The first-order valence-electron chi connectivity index (χ1n) is 4.93. The summed E-state index contributed by atoms with van der Waals surface area (Å²) in [7, 11) is 0. The number of carbonyl (C=O) groups excluding carboxylic acids is 2. The second-order valence-electron chi connectivity index (χ2n) is 3.61. The molecule has 0 spiro atoms. The lowest BCUT2D eigenvalue weighted by atomic mass is 9.87. The van der Waals surface area contributed by atoms with Gasteiger partial charge in [0.15, 0.2) is 0 Å². The van der Waals surface area contributed by atoms with Gasteiger partial charge in [0.05, 0.1) is 6.04 Å². The van der Waals surface area contributed by atoms with Crippen molar-refractivity contribution in [1.82, 2.24) is 0 Å². The average molecular weight is 213 g/mol. The van der Waals surface area contributed by atoms with Crippen LogP contribution in [0.4, 0.5) is 0 Å². The fraction of sp³-hybridized carbons (Fsp3) is 0.0769. The van der Waals surface area contributed by atoms with E-state index >= 15 is 0 Å².